The third-order valence-corrected chi connectivity index (χ3v) is 5.64. The Morgan fingerprint density at radius 2 is 1.77 bits per heavy atom. The van der Waals surface area contributed by atoms with Crippen LogP contribution in [-0.2, 0) is 13.1 Å². The molecule has 0 spiro atoms. The van der Waals surface area contributed by atoms with Gasteiger partial charge in [0.2, 0.25) is 0 Å². The van der Waals surface area contributed by atoms with E-state index < -0.39 is 0 Å². The Morgan fingerprint density at radius 1 is 1.00 bits per heavy atom. The molecule has 30 heavy (non-hydrogen) atoms. The highest BCUT2D eigenvalue weighted by atomic mass is 19.1. The minimum absolute atomic E-state index is 0.0271. The van der Waals surface area contributed by atoms with Crippen molar-refractivity contribution in [2.75, 3.05) is 13.7 Å². The lowest BCUT2D eigenvalue weighted by molar-refractivity contribution is 0.0708. The average Bonchev–Trinajstić information content (AvgIpc) is 3.22. The quantitative estimate of drug-likeness (QED) is 0.508. The number of fused-ring (bicyclic) bond motifs is 2. The molecule has 6 heteroatoms. The first kappa shape index (κ1) is 18.4. The lowest BCUT2D eigenvalue weighted by Crippen LogP contribution is -2.38. The Bertz CT molecular complexity index is 1250. The van der Waals surface area contributed by atoms with Crippen molar-refractivity contribution >= 4 is 16.7 Å². The molecule has 0 bridgehead atoms. The maximum Gasteiger partial charge on any atom is 0.254 e. The predicted molar refractivity (Wildman–Crippen MR) is 113 cm³/mol. The van der Waals surface area contributed by atoms with E-state index >= 15 is 0 Å². The van der Waals surface area contributed by atoms with Gasteiger partial charge in [0.15, 0.2) is 0 Å². The van der Waals surface area contributed by atoms with Gasteiger partial charge in [-0.05, 0) is 41.8 Å². The van der Waals surface area contributed by atoms with Crippen LogP contribution in [0.25, 0.3) is 22.0 Å². The molecule has 1 aromatic heterocycles. The largest absolute Gasteiger partial charge is 0.497 e. The molecule has 0 atom stereocenters. The molecule has 2 heterocycles. The first-order valence-corrected chi connectivity index (χ1v) is 9.81. The number of imidazole rings is 1. The molecule has 1 amide bonds. The number of ether oxygens (including phenoxy) is 1. The third kappa shape index (κ3) is 3.01. The normalized spacial score (nSPS) is 13.3. The fourth-order valence-electron chi connectivity index (χ4n) is 4.05. The minimum Gasteiger partial charge on any atom is -0.497 e. The van der Waals surface area contributed by atoms with Crippen LogP contribution in [0.1, 0.15) is 16.2 Å². The monoisotopic (exact) mass is 401 g/mol. The molecule has 5 rings (SSSR count). The Labute approximate surface area is 173 Å². The Balaban J connectivity index is 1.45. The van der Waals surface area contributed by atoms with E-state index in [9.17, 15) is 9.18 Å². The van der Waals surface area contributed by atoms with E-state index in [-0.39, 0.29) is 11.7 Å². The molecular formula is C24H20FN3O2. The SMILES string of the molecule is COc1ccc(C(=O)N2CCn3c(-c4ccc(F)c5ccccc45)cnc3C2)cc1. The van der Waals surface area contributed by atoms with Crippen LogP contribution >= 0.6 is 0 Å². The summed E-state index contributed by atoms with van der Waals surface area (Å²) in [6.45, 7) is 1.66. The highest BCUT2D eigenvalue weighted by molar-refractivity contribution is 5.96. The molecule has 4 aromatic rings. The van der Waals surface area contributed by atoms with E-state index in [2.05, 4.69) is 9.55 Å². The van der Waals surface area contributed by atoms with E-state index in [0.717, 1.165) is 28.2 Å². The van der Waals surface area contributed by atoms with Crippen LogP contribution in [0.15, 0.2) is 66.9 Å². The van der Waals surface area contributed by atoms with Gasteiger partial charge in [0.1, 0.15) is 17.4 Å². The summed E-state index contributed by atoms with van der Waals surface area (Å²) in [6, 6.07) is 17.9. The summed E-state index contributed by atoms with van der Waals surface area (Å²) in [6.07, 6.45) is 1.82. The third-order valence-electron chi connectivity index (χ3n) is 5.64. The van der Waals surface area contributed by atoms with E-state index in [1.54, 1.807) is 48.4 Å². The summed E-state index contributed by atoms with van der Waals surface area (Å²) < 4.78 is 21.5. The predicted octanol–water partition coefficient (Wildman–Crippen LogP) is 4.51. The zero-order valence-corrected chi connectivity index (χ0v) is 16.5. The van der Waals surface area contributed by atoms with Crippen molar-refractivity contribution < 1.29 is 13.9 Å². The highest BCUT2D eigenvalue weighted by Gasteiger charge is 2.25. The van der Waals surface area contributed by atoms with Crippen LogP contribution in [0.5, 0.6) is 5.75 Å². The summed E-state index contributed by atoms with van der Waals surface area (Å²) >= 11 is 0. The molecule has 5 nitrogen and oxygen atoms in total. The number of aromatic nitrogens is 2. The van der Waals surface area contributed by atoms with Crippen LogP contribution in [-0.4, -0.2) is 34.0 Å². The van der Waals surface area contributed by atoms with E-state index in [4.69, 9.17) is 4.74 Å². The number of carbonyl (C=O) groups excluding carboxylic acids is 1. The van der Waals surface area contributed by atoms with Crippen molar-refractivity contribution in [3.05, 3.63) is 84.1 Å². The first-order valence-electron chi connectivity index (χ1n) is 9.81. The molecule has 0 N–H and O–H groups in total. The highest BCUT2D eigenvalue weighted by Crippen LogP contribution is 2.32. The zero-order valence-electron chi connectivity index (χ0n) is 16.5. The smallest absolute Gasteiger partial charge is 0.254 e. The average molecular weight is 401 g/mol. The van der Waals surface area contributed by atoms with Gasteiger partial charge in [-0.25, -0.2) is 9.37 Å². The molecule has 1 aliphatic heterocycles. The molecule has 150 valence electrons. The fourth-order valence-corrected chi connectivity index (χ4v) is 4.05. The molecule has 0 radical (unpaired) electrons. The summed E-state index contributed by atoms with van der Waals surface area (Å²) in [5, 5.41) is 1.45. The number of rotatable bonds is 3. The van der Waals surface area contributed by atoms with E-state index in [1.807, 2.05) is 24.4 Å². The van der Waals surface area contributed by atoms with Crippen molar-refractivity contribution in [1.29, 1.82) is 0 Å². The zero-order chi connectivity index (χ0) is 20.7. The van der Waals surface area contributed by atoms with Crippen molar-refractivity contribution in [2.24, 2.45) is 0 Å². The summed E-state index contributed by atoms with van der Waals surface area (Å²) in [7, 11) is 1.60. The van der Waals surface area contributed by atoms with Gasteiger partial charge < -0.3 is 14.2 Å². The molecule has 0 aliphatic carbocycles. The van der Waals surface area contributed by atoms with Crippen LogP contribution in [0, 0.1) is 5.82 Å². The minimum atomic E-state index is -0.232. The molecule has 0 saturated carbocycles. The second-order valence-corrected chi connectivity index (χ2v) is 7.31. The van der Waals surface area contributed by atoms with Crippen LogP contribution in [0.3, 0.4) is 0 Å². The van der Waals surface area contributed by atoms with Gasteiger partial charge in [0.05, 0.1) is 25.5 Å². The number of hydrogen-bond donors (Lipinski definition) is 0. The number of nitrogens with zero attached hydrogens (tertiary/aromatic N) is 3. The van der Waals surface area contributed by atoms with Gasteiger partial charge in [-0.1, -0.05) is 24.3 Å². The lowest BCUT2D eigenvalue weighted by atomic mass is 10.0. The fraction of sp³-hybridized carbons (Fsp3) is 0.167. The standard InChI is InChI=1S/C24H20FN3O2/c1-30-17-8-6-16(7-9-17)24(29)27-12-13-28-22(14-26-23(28)15-27)20-10-11-21(25)19-5-3-2-4-18(19)20/h2-11,14H,12-13,15H2,1H3. The summed E-state index contributed by atoms with van der Waals surface area (Å²) in [4.78, 5) is 19.3. The lowest BCUT2D eigenvalue weighted by Gasteiger charge is -2.29. The number of amides is 1. The van der Waals surface area contributed by atoms with Crippen LogP contribution in [0.4, 0.5) is 4.39 Å². The van der Waals surface area contributed by atoms with Crippen molar-refractivity contribution in [3.8, 4) is 17.0 Å². The van der Waals surface area contributed by atoms with Crippen LogP contribution in [0.2, 0.25) is 0 Å². The van der Waals surface area contributed by atoms with Gasteiger partial charge in [0, 0.05) is 29.6 Å². The summed E-state index contributed by atoms with van der Waals surface area (Å²) in [5.41, 5.74) is 2.51. The van der Waals surface area contributed by atoms with Gasteiger partial charge in [0.25, 0.3) is 5.91 Å². The number of hydrogen-bond acceptors (Lipinski definition) is 3. The topological polar surface area (TPSA) is 47.4 Å². The molecule has 0 unspecified atom stereocenters. The van der Waals surface area contributed by atoms with Crippen molar-refractivity contribution in [3.63, 3.8) is 0 Å². The van der Waals surface area contributed by atoms with E-state index in [1.165, 1.54) is 6.07 Å². The molecule has 1 aliphatic rings. The van der Waals surface area contributed by atoms with Gasteiger partial charge in [-0.2, -0.15) is 0 Å². The Kier molecular flexibility index (Phi) is 4.47. The van der Waals surface area contributed by atoms with E-state index in [0.29, 0.717) is 30.6 Å². The second-order valence-electron chi connectivity index (χ2n) is 7.31. The Hall–Kier alpha value is -3.67. The van der Waals surface area contributed by atoms with Crippen molar-refractivity contribution in [2.45, 2.75) is 13.1 Å². The van der Waals surface area contributed by atoms with Gasteiger partial charge >= 0.3 is 0 Å². The van der Waals surface area contributed by atoms with Gasteiger partial charge in [-0.15, -0.1) is 0 Å². The number of carbonyl (C=O) groups is 1. The first-order chi connectivity index (χ1) is 14.7. The molecule has 0 saturated heterocycles. The second kappa shape index (κ2) is 7.30. The van der Waals surface area contributed by atoms with Crippen molar-refractivity contribution in [1.82, 2.24) is 14.5 Å². The number of methoxy groups -OCH3 is 1. The number of halogens is 1. The number of benzene rings is 3. The maximum absolute atomic E-state index is 14.2. The maximum atomic E-state index is 14.2. The Morgan fingerprint density at radius 3 is 2.53 bits per heavy atom. The molecule has 0 fully saturated rings. The summed E-state index contributed by atoms with van der Waals surface area (Å²) in [5.74, 6) is 1.29. The van der Waals surface area contributed by atoms with Crippen LogP contribution < -0.4 is 4.74 Å². The molecule has 3 aromatic carbocycles. The molecular weight excluding hydrogens is 381 g/mol. The van der Waals surface area contributed by atoms with Gasteiger partial charge in [-0.3, -0.25) is 4.79 Å².